The van der Waals surface area contributed by atoms with Gasteiger partial charge in [-0.2, -0.15) is 0 Å². The minimum Gasteiger partial charge on any atom is -0.481 e. The summed E-state index contributed by atoms with van der Waals surface area (Å²) in [7, 11) is 0. The smallest absolute Gasteiger partial charge is 0.312 e. The average Bonchev–Trinajstić information content (AvgIpc) is 2.38. The maximum absolute atomic E-state index is 11.5. The third kappa shape index (κ3) is 1.49. The van der Waals surface area contributed by atoms with Crippen molar-refractivity contribution >= 4 is 11.9 Å². The molecule has 0 aromatic rings. The number of carboxylic acid groups (broad SMARTS) is 1. The lowest BCUT2D eigenvalue weighted by molar-refractivity contribution is -0.153. The summed E-state index contributed by atoms with van der Waals surface area (Å²) < 4.78 is 5.17. The Morgan fingerprint density at radius 1 is 1.57 bits per heavy atom. The lowest BCUT2D eigenvalue weighted by atomic mass is 9.67. The molecule has 1 unspecified atom stereocenters. The molecule has 2 aliphatic rings. The summed E-state index contributed by atoms with van der Waals surface area (Å²) in [4.78, 5) is 21.8. The summed E-state index contributed by atoms with van der Waals surface area (Å²) in [6.45, 7) is 0. The van der Waals surface area contributed by atoms with Crippen molar-refractivity contribution in [3.8, 4) is 0 Å². The molecule has 1 saturated heterocycles. The van der Waals surface area contributed by atoms with E-state index >= 15 is 0 Å². The van der Waals surface area contributed by atoms with Gasteiger partial charge in [0.25, 0.3) is 0 Å². The molecule has 1 aliphatic heterocycles. The molecule has 1 atom stereocenters. The van der Waals surface area contributed by atoms with Crippen LogP contribution < -0.4 is 0 Å². The number of cyclic esters (lactones) is 1. The summed E-state index contributed by atoms with van der Waals surface area (Å²) in [6.07, 6.45) is 4.08. The second kappa shape index (κ2) is 3.26. The highest BCUT2D eigenvalue weighted by Gasteiger charge is 2.52. The molecule has 0 amide bonds. The van der Waals surface area contributed by atoms with Gasteiger partial charge in [0.15, 0.2) is 0 Å². The molecule has 78 valence electrons. The number of hydrogen-bond donors (Lipinski definition) is 1. The van der Waals surface area contributed by atoms with E-state index < -0.39 is 5.97 Å². The molecular formula is C10H14O4. The van der Waals surface area contributed by atoms with Crippen LogP contribution >= 0.6 is 0 Å². The Balaban J connectivity index is 1.87. The molecule has 2 fully saturated rings. The Morgan fingerprint density at radius 3 is 2.71 bits per heavy atom. The maximum Gasteiger partial charge on any atom is 0.312 e. The third-order valence-electron chi connectivity index (χ3n) is 3.32. The van der Waals surface area contributed by atoms with Crippen LogP contribution in [-0.2, 0) is 14.3 Å². The second-order valence-electron chi connectivity index (χ2n) is 4.30. The minimum absolute atomic E-state index is 0.0913. The molecule has 0 aromatic carbocycles. The van der Waals surface area contributed by atoms with E-state index in [0.717, 1.165) is 25.7 Å². The van der Waals surface area contributed by atoms with Gasteiger partial charge in [0.1, 0.15) is 6.10 Å². The zero-order chi connectivity index (χ0) is 10.2. The first-order valence-corrected chi connectivity index (χ1v) is 5.05. The highest BCUT2D eigenvalue weighted by molar-refractivity contribution is 5.80. The van der Waals surface area contributed by atoms with Crippen LogP contribution in [-0.4, -0.2) is 23.1 Å². The number of aliphatic carboxylic acids is 1. The Labute approximate surface area is 82.2 Å². The molecule has 0 bridgehead atoms. The fraction of sp³-hybridized carbons (Fsp3) is 0.800. The van der Waals surface area contributed by atoms with Crippen molar-refractivity contribution in [1.82, 2.24) is 0 Å². The first-order valence-electron chi connectivity index (χ1n) is 5.05. The van der Waals surface area contributed by atoms with Crippen LogP contribution in [0, 0.1) is 5.41 Å². The number of carbonyl (C=O) groups is 2. The Hall–Kier alpha value is -1.06. The number of ether oxygens (including phenoxy) is 1. The molecular weight excluding hydrogens is 184 g/mol. The summed E-state index contributed by atoms with van der Waals surface area (Å²) in [6, 6.07) is 0. The van der Waals surface area contributed by atoms with Crippen molar-refractivity contribution in [2.24, 2.45) is 5.41 Å². The average molecular weight is 198 g/mol. The van der Waals surface area contributed by atoms with Gasteiger partial charge in [0.05, 0.1) is 5.41 Å². The van der Waals surface area contributed by atoms with Gasteiger partial charge in [-0.1, -0.05) is 6.42 Å². The zero-order valence-electron chi connectivity index (χ0n) is 7.99. The highest BCUT2D eigenvalue weighted by Crippen LogP contribution is 2.50. The number of carbonyl (C=O) groups excluding carboxylic acids is 1. The van der Waals surface area contributed by atoms with E-state index in [1.807, 2.05) is 0 Å². The lowest BCUT2D eigenvalue weighted by Crippen LogP contribution is -2.33. The first-order chi connectivity index (χ1) is 6.62. The monoisotopic (exact) mass is 198 g/mol. The summed E-state index contributed by atoms with van der Waals surface area (Å²) >= 11 is 0. The number of rotatable bonds is 3. The van der Waals surface area contributed by atoms with Crippen LogP contribution in [0.25, 0.3) is 0 Å². The quantitative estimate of drug-likeness (QED) is 0.695. The van der Waals surface area contributed by atoms with E-state index in [1.165, 1.54) is 0 Å². The van der Waals surface area contributed by atoms with Crippen LogP contribution in [0.3, 0.4) is 0 Å². The molecule has 14 heavy (non-hydrogen) atoms. The normalized spacial score (nSPS) is 28.6. The molecule has 0 radical (unpaired) electrons. The third-order valence-corrected chi connectivity index (χ3v) is 3.32. The zero-order valence-corrected chi connectivity index (χ0v) is 7.99. The fourth-order valence-electron chi connectivity index (χ4n) is 2.29. The van der Waals surface area contributed by atoms with Gasteiger partial charge in [-0.05, 0) is 19.3 Å². The number of carboxylic acids is 1. The molecule has 2 rings (SSSR count). The molecule has 1 aliphatic carbocycles. The van der Waals surface area contributed by atoms with Crippen LogP contribution in [0.1, 0.15) is 38.5 Å². The predicted octanol–water partition coefficient (Wildman–Crippen LogP) is 1.34. The maximum atomic E-state index is 11.5. The van der Waals surface area contributed by atoms with Gasteiger partial charge in [0, 0.05) is 12.8 Å². The van der Waals surface area contributed by atoms with E-state index in [4.69, 9.17) is 9.84 Å². The lowest BCUT2D eigenvalue weighted by Gasteiger charge is -2.33. The molecule has 1 N–H and O–H groups in total. The fourth-order valence-corrected chi connectivity index (χ4v) is 2.29. The number of hydrogen-bond acceptors (Lipinski definition) is 3. The molecule has 1 heterocycles. The van der Waals surface area contributed by atoms with Gasteiger partial charge in [-0.25, -0.2) is 0 Å². The number of esters is 1. The summed E-state index contributed by atoms with van der Waals surface area (Å²) in [5, 5.41) is 8.50. The van der Waals surface area contributed by atoms with Crippen molar-refractivity contribution in [3.05, 3.63) is 0 Å². The van der Waals surface area contributed by atoms with Gasteiger partial charge in [-0.3, -0.25) is 9.59 Å². The van der Waals surface area contributed by atoms with Crippen molar-refractivity contribution < 1.29 is 19.4 Å². The van der Waals surface area contributed by atoms with E-state index in [-0.39, 0.29) is 23.9 Å². The van der Waals surface area contributed by atoms with Crippen LogP contribution in [0.2, 0.25) is 0 Å². The van der Waals surface area contributed by atoms with E-state index in [2.05, 4.69) is 0 Å². The van der Waals surface area contributed by atoms with Crippen LogP contribution in [0.5, 0.6) is 0 Å². The van der Waals surface area contributed by atoms with Gasteiger partial charge in [-0.15, -0.1) is 0 Å². The Bertz CT molecular complexity index is 267. The first kappa shape index (κ1) is 9.49. The second-order valence-corrected chi connectivity index (χ2v) is 4.30. The largest absolute Gasteiger partial charge is 0.481 e. The molecule has 4 nitrogen and oxygen atoms in total. The van der Waals surface area contributed by atoms with Crippen molar-refractivity contribution in [3.63, 3.8) is 0 Å². The van der Waals surface area contributed by atoms with Gasteiger partial charge in [0.2, 0.25) is 0 Å². The summed E-state index contributed by atoms with van der Waals surface area (Å²) in [5.41, 5.74) is -0.219. The molecule has 4 heteroatoms. The topological polar surface area (TPSA) is 63.6 Å². The van der Waals surface area contributed by atoms with E-state index in [0.29, 0.717) is 6.42 Å². The van der Waals surface area contributed by atoms with E-state index in [1.54, 1.807) is 0 Å². The minimum atomic E-state index is -0.824. The van der Waals surface area contributed by atoms with Crippen LogP contribution in [0.4, 0.5) is 0 Å². The van der Waals surface area contributed by atoms with Gasteiger partial charge >= 0.3 is 11.9 Å². The van der Waals surface area contributed by atoms with E-state index in [9.17, 15) is 9.59 Å². The van der Waals surface area contributed by atoms with Crippen molar-refractivity contribution in [1.29, 1.82) is 0 Å². The van der Waals surface area contributed by atoms with Crippen LogP contribution in [0.15, 0.2) is 0 Å². The standard InChI is InChI=1S/C10H14O4/c11-8(12)3-2-7-6-10(4-1-5-10)9(13)14-7/h7H,1-6H2,(H,11,12). The Morgan fingerprint density at radius 2 is 2.29 bits per heavy atom. The highest BCUT2D eigenvalue weighted by atomic mass is 16.6. The molecule has 1 saturated carbocycles. The van der Waals surface area contributed by atoms with Crippen molar-refractivity contribution in [2.45, 2.75) is 44.6 Å². The van der Waals surface area contributed by atoms with Crippen molar-refractivity contribution in [2.75, 3.05) is 0 Å². The Kier molecular flexibility index (Phi) is 2.21. The molecule has 0 aromatic heterocycles. The summed E-state index contributed by atoms with van der Waals surface area (Å²) in [5.74, 6) is -0.922. The predicted molar refractivity (Wildman–Crippen MR) is 47.7 cm³/mol. The SMILES string of the molecule is O=C(O)CCC1CC2(CCC2)C(=O)O1. The van der Waals surface area contributed by atoms with Gasteiger partial charge < -0.3 is 9.84 Å². The molecule has 1 spiro atoms.